The second-order valence-corrected chi connectivity index (χ2v) is 3.90. The van der Waals surface area contributed by atoms with Gasteiger partial charge in [-0.25, -0.2) is 4.79 Å². The topological polar surface area (TPSA) is 76.4 Å². The highest BCUT2D eigenvalue weighted by Gasteiger charge is 2.04. The van der Waals surface area contributed by atoms with Crippen LogP contribution >= 0.6 is 0 Å². The van der Waals surface area contributed by atoms with Crippen LogP contribution in [0.15, 0.2) is 24.3 Å². The molecule has 0 radical (unpaired) electrons. The number of hydrogen-bond donors (Lipinski definition) is 3. The summed E-state index contributed by atoms with van der Waals surface area (Å²) in [6.07, 6.45) is 0. The molecule has 0 saturated carbocycles. The van der Waals surface area contributed by atoms with Crippen LogP contribution in [0.4, 0.5) is 10.5 Å². The predicted molar refractivity (Wildman–Crippen MR) is 68.2 cm³/mol. The molecule has 17 heavy (non-hydrogen) atoms. The molecule has 0 spiro atoms. The Labute approximate surface area is 101 Å². The van der Waals surface area contributed by atoms with Crippen LogP contribution in [-0.4, -0.2) is 26.2 Å². The molecular formula is C12H19N3O2. The third kappa shape index (κ3) is 4.74. The molecule has 2 amide bonds. The van der Waals surface area contributed by atoms with E-state index in [1.54, 1.807) is 31.4 Å². The second-order valence-electron chi connectivity index (χ2n) is 3.90. The second kappa shape index (κ2) is 6.75. The van der Waals surface area contributed by atoms with Crippen molar-refractivity contribution in [2.45, 2.75) is 6.92 Å². The Morgan fingerprint density at radius 2 is 2.06 bits per heavy atom. The van der Waals surface area contributed by atoms with Crippen LogP contribution in [0.25, 0.3) is 0 Å². The third-order valence-corrected chi connectivity index (χ3v) is 2.36. The third-order valence-electron chi connectivity index (χ3n) is 2.36. The van der Waals surface area contributed by atoms with Gasteiger partial charge in [-0.3, -0.25) is 0 Å². The first-order valence-electron chi connectivity index (χ1n) is 5.54. The predicted octanol–water partition coefficient (Wildman–Crippen LogP) is 1.41. The van der Waals surface area contributed by atoms with Crippen molar-refractivity contribution >= 4 is 11.7 Å². The summed E-state index contributed by atoms with van der Waals surface area (Å²) in [7, 11) is 1.60. The van der Waals surface area contributed by atoms with Crippen LogP contribution in [0, 0.1) is 5.92 Å². The summed E-state index contributed by atoms with van der Waals surface area (Å²) in [5, 5.41) is 5.48. The first kappa shape index (κ1) is 13.3. The Balaban J connectivity index is 2.39. The lowest BCUT2D eigenvalue weighted by molar-refractivity contribution is 0.250. The molecule has 0 aliphatic carbocycles. The largest absolute Gasteiger partial charge is 0.497 e. The molecule has 0 aliphatic rings. The van der Waals surface area contributed by atoms with Gasteiger partial charge in [0.15, 0.2) is 0 Å². The molecule has 0 fully saturated rings. The van der Waals surface area contributed by atoms with Gasteiger partial charge >= 0.3 is 6.03 Å². The quantitative estimate of drug-likeness (QED) is 0.724. The van der Waals surface area contributed by atoms with Gasteiger partial charge in [-0.05, 0) is 36.7 Å². The first-order valence-corrected chi connectivity index (χ1v) is 5.54. The van der Waals surface area contributed by atoms with E-state index in [1.165, 1.54) is 0 Å². The van der Waals surface area contributed by atoms with Crippen molar-refractivity contribution in [3.8, 4) is 5.75 Å². The normalized spacial score (nSPS) is 11.7. The molecule has 1 aromatic carbocycles. The van der Waals surface area contributed by atoms with E-state index in [0.717, 1.165) is 11.4 Å². The van der Waals surface area contributed by atoms with Gasteiger partial charge < -0.3 is 21.1 Å². The maximum absolute atomic E-state index is 11.5. The van der Waals surface area contributed by atoms with E-state index in [2.05, 4.69) is 10.6 Å². The number of nitrogens with one attached hydrogen (secondary N) is 2. The van der Waals surface area contributed by atoms with Crippen molar-refractivity contribution in [2.24, 2.45) is 11.7 Å². The smallest absolute Gasteiger partial charge is 0.319 e. The van der Waals surface area contributed by atoms with Gasteiger partial charge in [0.25, 0.3) is 0 Å². The summed E-state index contributed by atoms with van der Waals surface area (Å²) in [5.74, 6) is 1.03. The number of nitrogens with two attached hydrogens (primary N) is 1. The number of carbonyl (C=O) groups is 1. The van der Waals surface area contributed by atoms with E-state index < -0.39 is 0 Å². The minimum absolute atomic E-state index is 0.226. The molecule has 1 unspecified atom stereocenters. The molecule has 0 aliphatic heterocycles. The molecule has 1 atom stereocenters. The van der Waals surface area contributed by atoms with Crippen molar-refractivity contribution in [2.75, 3.05) is 25.5 Å². The van der Waals surface area contributed by atoms with E-state index in [1.807, 2.05) is 6.92 Å². The lowest BCUT2D eigenvalue weighted by Crippen LogP contribution is -2.34. The van der Waals surface area contributed by atoms with Crippen LogP contribution in [0.3, 0.4) is 0 Å². The van der Waals surface area contributed by atoms with Gasteiger partial charge in [-0.2, -0.15) is 0 Å². The Kier molecular flexibility index (Phi) is 5.29. The van der Waals surface area contributed by atoms with Gasteiger partial charge in [0.2, 0.25) is 0 Å². The maximum atomic E-state index is 11.5. The van der Waals surface area contributed by atoms with Crippen LogP contribution in [0.1, 0.15) is 6.92 Å². The fraction of sp³-hybridized carbons (Fsp3) is 0.417. The highest BCUT2D eigenvalue weighted by molar-refractivity contribution is 5.89. The van der Waals surface area contributed by atoms with Crippen LogP contribution < -0.4 is 21.1 Å². The SMILES string of the molecule is COc1ccc(NC(=O)NCC(C)CN)cc1. The molecule has 5 heteroatoms. The maximum Gasteiger partial charge on any atom is 0.319 e. The summed E-state index contributed by atoms with van der Waals surface area (Å²) in [6, 6.07) is 6.92. The monoisotopic (exact) mass is 237 g/mol. The van der Waals surface area contributed by atoms with Crippen molar-refractivity contribution in [1.29, 1.82) is 0 Å². The minimum atomic E-state index is -0.226. The van der Waals surface area contributed by atoms with Crippen LogP contribution in [0.5, 0.6) is 5.75 Å². The fourth-order valence-corrected chi connectivity index (χ4v) is 1.20. The zero-order chi connectivity index (χ0) is 12.7. The van der Waals surface area contributed by atoms with Gasteiger partial charge in [0, 0.05) is 12.2 Å². The standard InChI is InChI=1S/C12H19N3O2/c1-9(7-13)8-14-12(16)15-10-3-5-11(17-2)6-4-10/h3-6,9H,7-8,13H2,1-2H3,(H2,14,15,16). The summed E-state index contributed by atoms with van der Waals surface area (Å²) >= 11 is 0. The number of urea groups is 1. The number of hydrogen-bond acceptors (Lipinski definition) is 3. The molecule has 0 saturated heterocycles. The van der Waals surface area contributed by atoms with Crippen molar-refractivity contribution in [3.05, 3.63) is 24.3 Å². The van der Waals surface area contributed by atoms with Crippen molar-refractivity contribution in [3.63, 3.8) is 0 Å². The van der Waals surface area contributed by atoms with Gasteiger partial charge in [0.1, 0.15) is 5.75 Å². The summed E-state index contributed by atoms with van der Waals surface area (Å²) < 4.78 is 5.03. The number of benzene rings is 1. The average molecular weight is 237 g/mol. The molecule has 0 heterocycles. The zero-order valence-electron chi connectivity index (χ0n) is 10.2. The Morgan fingerprint density at radius 3 is 2.59 bits per heavy atom. The van der Waals surface area contributed by atoms with Crippen LogP contribution in [-0.2, 0) is 0 Å². The van der Waals surface area contributed by atoms with E-state index in [4.69, 9.17) is 10.5 Å². The number of anilines is 1. The highest BCUT2D eigenvalue weighted by Crippen LogP contribution is 2.14. The number of ether oxygens (including phenoxy) is 1. The van der Waals surface area contributed by atoms with Crippen molar-refractivity contribution in [1.82, 2.24) is 5.32 Å². The molecule has 1 rings (SSSR count). The average Bonchev–Trinajstić information content (AvgIpc) is 2.36. The molecule has 0 bridgehead atoms. The highest BCUT2D eigenvalue weighted by atomic mass is 16.5. The summed E-state index contributed by atoms with van der Waals surface area (Å²) in [5.41, 5.74) is 6.18. The number of rotatable bonds is 5. The molecule has 1 aromatic rings. The van der Waals surface area contributed by atoms with E-state index >= 15 is 0 Å². The lowest BCUT2D eigenvalue weighted by atomic mass is 10.2. The Hall–Kier alpha value is -1.75. The molecular weight excluding hydrogens is 218 g/mol. The Morgan fingerprint density at radius 1 is 1.41 bits per heavy atom. The number of carbonyl (C=O) groups excluding carboxylic acids is 1. The van der Waals surface area contributed by atoms with E-state index in [0.29, 0.717) is 13.1 Å². The van der Waals surface area contributed by atoms with Gasteiger partial charge in [-0.15, -0.1) is 0 Å². The molecule has 5 nitrogen and oxygen atoms in total. The lowest BCUT2D eigenvalue weighted by Gasteiger charge is -2.11. The first-order chi connectivity index (χ1) is 8.15. The van der Waals surface area contributed by atoms with Crippen molar-refractivity contribution < 1.29 is 9.53 Å². The van der Waals surface area contributed by atoms with Gasteiger partial charge in [0.05, 0.1) is 7.11 Å². The van der Waals surface area contributed by atoms with Crippen LogP contribution in [0.2, 0.25) is 0 Å². The Bertz CT molecular complexity index is 351. The molecule has 0 aromatic heterocycles. The summed E-state index contributed by atoms with van der Waals surface area (Å²) in [6.45, 7) is 3.11. The van der Waals surface area contributed by atoms with E-state index in [-0.39, 0.29) is 11.9 Å². The number of methoxy groups -OCH3 is 1. The fourth-order valence-electron chi connectivity index (χ4n) is 1.20. The molecule has 4 N–H and O–H groups in total. The zero-order valence-corrected chi connectivity index (χ0v) is 10.2. The minimum Gasteiger partial charge on any atom is -0.497 e. The van der Waals surface area contributed by atoms with E-state index in [9.17, 15) is 4.79 Å². The summed E-state index contributed by atoms with van der Waals surface area (Å²) in [4.78, 5) is 11.5. The number of amides is 2. The molecule has 94 valence electrons. The van der Waals surface area contributed by atoms with Gasteiger partial charge in [-0.1, -0.05) is 6.92 Å².